The second-order valence-electron chi connectivity index (χ2n) is 3.50. The Labute approximate surface area is 96.0 Å². The molecule has 0 fully saturated rings. The van der Waals surface area contributed by atoms with Crippen molar-refractivity contribution in [3.63, 3.8) is 0 Å². The Morgan fingerprint density at radius 1 is 1.24 bits per heavy atom. The fraction of sp³-hybridized carbons (Fsp3) is 0.0909. The molecule has 6 heteroatoms. The topological polar surface area (TPSA) is 101 Å². The molecule has 0 saturated carbocycles. The lowest BCUT2D eigenvalue weighted by Gasteiger charge is -2.06. The van der Waals surface area contributed by atoms with Crippen molar-refractivity contribution >= 4 is 0 Å². The fourth-order valence-electron chi connectivity index (χ4n) is 1.46. The fourth-order valence-corrected chi connectivity index (χ4v) is 1.46. The third kappa shape index (κ3) is 2.11. The lowest BCUT2D eigenvalue weighted by Crippen LogP contribution is -2.31. The zero-order chi connectivity index (χ0) is 12.4. The average Bonchev–Trinajstić information content (AvgIpc) is 2.31. The average molecular weight is 233 g/mol. The van der Waals surface area contributed by atoms with Gasteiger partial charge in [-0.3, -0.25) is 14.3 Å². The largest absolute Gasteiger partial charge is 0.508 e. The molecule has 0 unspecified atom stereocenters. The minimum Gasteiger partial charge on any atom is -0.508 e. The predicted molar refractivity (Wildman–Crippen MR) is 62.2 cm³/mol. The van der Waals surface area contributed by atoms with E-state index in [1.54, 1.807) is 12.1 Å². The molecular weight excluding hydrogens is 222 g/mol. The van der Waals surface area contributed by atoms with Crippen molar-refractivity contribution in [2.24, 2.45) is 5.73 Å². The van der Waals surface area contributed by atoms with E-state index >= 15 is 0 Å². The number of phenolic OH excluding ortho intramolecular Hbond substituents is 1. The first-order chi connectivity index (χ1) is 8.11. The van der Waals surface area contributed by atoms with Crippen LogP contribution in [0.1, 0.15) is 5.56 Å². The summed E-state index contributed by atoms with van der Waals surface area (Å²) in [7, 11) is 0. The van der Waals surface area contributed by atoms with Gasteiger partial charge in [-0.1, -0.05) is 0 Å². The summed E-state index contributed by atoms with van der Waals surface area (Å²) in [6, 6.07) is 6.04. The molecule has 2 aromatic rings. The van der Waals surface area contributed by atoms with Crippen molar-refractivity contribution < 1.29 is 5.11 Å². The zero-order valence-electron chi connectivity index (χ0n) is 8.88. The molecule has 88 valence electrons. The summed E-state index contributed by atoms with van der Waals surface area (Å²) >= 11 is 0. The van der Waals surface area contributed by atoms with E-state index in [0.29, 0.717) is 11.3 Å². The van der Waals surface area contributed by atoms with Gasteiger partial charge in [0.15, 0.2) is 0 Å². The number of rotatable bonds is 2. The van der Waals surface area contributed by atoms with Crippen LogP contribution >= 0.6 is 0 Å². The molecule has 0 spiro atoms. The number of phenols is 1. The molecule has 0 aliphatic carbocycles. The van der Waals surface area contributed by atoms with E-state index in [1.807, 2.05) is 0 Å². The van der Waals surface area contributed by atoms with E-state index in [4.69, 9.17) is 10.8 Å². The molecule has 0 amide bonds. The second-order valence-corrected chi connectivity index (χ2v) is 3.50. The Bertz CT molecular complexity index is 640. The molecule has 0 bridgehead atoms. The van der Waals surface area contributed by atoms with Crippen LogP contribution in [0.5, 0.6) is 5.75 Å². The molecule has 2 rings (SSSR count). The first-order valence-electron chi connectivity index (χ1n) is 4.96. The van der Waals surface area contributed by atoms with Crippen molar-refractivity contribution in [2.45, 2.75) is 6.54 Å². The van der Waals surface area contributed by atoms with Crippen LogP contribution in [0.2, 0.25) is 0 Å². The third-order valence-electron chi connectivity index (χ3n) is 2.36. The first-order valence-corrected chi connectivity index (χ1v) is 4.96. The highest BCUT2D eigenvalue weighted by Gasteiger charge is 2.04. The van der Waals surface area contributed by atoms with E-state index in [2.05, 4.69) is 4.98 Å². The Hall–Kier alpha value is -2.34. The van der Waals surface area contributed by atoms with Gasteiger partial charge in [0.1, 0.15) is 5.75 Å². The SMILES string of the molecule is NCc1cn(-c2ccc(O)cc2)c(=O)[nH]c1=O. The molecule has 0 aliphatic heterocycles. The maximum absolute atomic E-state index is 11.6. The van der Waals surface area contributed by atoms with Crippen LogP contribution in [0.15, 0.2) is 40.1 Å². The van der Waals surface area contributed by atoms with Gasteiger partial charge in [0, 0.05) is 18.3 Å². The number of aromatic amines is 1. The zero-order valence-corrected chi connectivity index (χ0v) is 8.88. The van der Waals surface area contributed by atoms with E-state index in [9.17, 15) is 9.59 Å². The highest BCUT2D eigenvalue weighted by Crippen LogP contribution is 2.11. The molecular formula is C11H11N3O3. The summed E-state index contributed by atoms with van der Waals surface area (Å²) in [5.41, 5.74) is 5.23. The maximum atomic E-state index is 11.6. The van der Waals surface area contributed by atoms with Gasteiger partial charge in [-0.25, -0.2) is 4.79 Å². The number of hydrogen-bond acceptors (Lipinski definition) is 4. The Balaban J connectivity index is 2.63. The van der Waals surface area contributed by atoms with Gasteiger partial charge >= 0.3 is 5.69 Å². The lowest BCUT2D eigenvalue weighted by atomic mass is 10.3. The number of hydrogen-bond donors (Lipinski definition) is 3. The summed E-state index contributed by atoms with van der Waals surface area (Å²) in [5.74, 6) is 0.102. The summed E-state index contributed by atoms with van der Waals surface area (Å²) in [5, 5.41) is 9.15. The van der Waals surface area contributed by atoms with Crippen LogP contribution < -0.4 is 17.0 Å². The maximum Gasteiger partial charge on any atom is 0.332 e. The molecule has 1 aromatic carbocycles. The summed E-state index contributed by atoms with van der Waals surface area (Å²) in [6.07, 6.45) is 1.40. The van der Waals surface area contributed by atoms with Crippen LogP contribution in [-0.2, 0) is 6.54 Å². The van der Waals surface area contributed by atoms with Crippen LogP contribution in [0.25, 0.3) is 5.69 Å². The number of nitrogens with one attached hydrogen (secondary N) is 1. The number of H-pyrrole nitrogens is 1. The first kappa shape index (κ1) is 11.2. The van der Waals surface area contributed by atoms with E-state index in [1.165, 1.54) is 22.9 Å². The minimum atomic E-state index is -0.544. The third-order valence-corrected chi connectivity index (χ3v) is 2.36. The van der Waals surface area contributed by atoms with Crippen molar-refractivity contribution in [3.8, 4) is 11.4 Å². The highest BCUT2D eigenvalue weighted by molar-refractivity contribution is 5.36. The van der Waals surface area contributed by atoms with Gasteiger partial charge < -0.3 is 10.8 Å². The molecule has 6 nitrogen and oxygen atoms in total. The predicted octanol–water partition coefficient (Wildman–Crippen LogP) is -0.310. The Morgan fingerprint density at radius 3 is 2.47 bits per heavy atom. The van der Waals surface area contributed by atoms with Crippen LogP contribution in [0.4, 0.5) is 0 Å². The van der Waals surface area contributed by atoms with E-state index in [0.717, 1.165) is 0 Å². The van der Waals surface area contributed by atoms with Crippen molar-refractivity contribution in [1.29, 1.82) is 0 Å². The Kier molecular flexibility index (Phi) is 2.80. The summed E-state index contributed by atoms with van der Waals surface area (Å²) < 4.78 is 1.27. The van der Waals surface area contributed by atoms with Gasteiger partial charge in [0.25, 0.3) is 5.56 Å². The molecule has 1 aromatic heterocycles. The molecule has 1 heterocycles. The summed E-state index contributed by atoms with van der Waals surface area (Å²) in [6.45, 7) is 0.0493. The smallest absolute Gasteiger partial charge is 0.332 e. The lowest BCUT2D eigenvalue weighted by molar-refractivity contribution is 0.475. The summed E-state index contributed by atoms with van der Waals surface area (Å²) in [4.78, 5) is 25.1. The monoisotopic (exact) mass is 233 g/mol. The van der Waals surface area contributed by atoms with E-state index in [-0.39, 0.29) is 12.3 Å². The molecule has 4 N–H and O–H groups in total. The van der Waals surface area contributed by atoms with Crippen LogP contribution in [0, 0.1) is 0 Å². The van der Waals surface area contributed by atoms with Crippen LogP contribution in [-0.4, -0.2) is 14.7 Å². The normalized spacial score (nSPS) is 10.4. The molecule has 0 aliphatic rings. The molecule has 0 radical (unpaired) electrons. The van der Waals surface area contributed by atoms with Gasteiger partial charge in [0.2, 0.25) is 0 Å². The molecule has 17 heavy (non-hydrogen) atoms. The number of benzene rings is 1. The van der Waals surface area contributed by atoms with Crippen molar-refractivity contribution in [3.05, 3.63) is 56.9 Å². The Morgan fingerprint density at radius 2 is 1.88 bits per heavy atom. The van der Waals surface area contributed by atoms with Crippen LogP contribution in [0.3, 0.4) is 0 Å². The van der Waals surface area contributed by atoms with Crippen molar-refractivity contribution in [2.75, 3.05) is 0 Å². The van der Waals surface area contributed by atoms with Crippen molar-refractivity contribution in [1.82, 2.24) is 9.55 Å². The molecule has 0 atom stereocenters. The van der Waals surface area contributed by atoms with Gasteiger partial charge in [-0.15, -0.1) is 0 Å². The standard InChI is InChI=1S/C11H11N3O3/c12-5-7-6-14(11(17)13-10(7)16)8-1-3-9(15)4-2-8/h1-4,6,15H,5,12H2,(H,13,16,17). The minimum absolute atomic E-state index is 0.0493. The number of nitrogens with two attached hydrogens (primary N) is 1. The number of aromatic nitrogens is 2. The number of nitrogens with zero attached hydrogens (tertiary/aromatic N) is 1. The highest BCUT2D eigenvalue weighted by atomic mass is 16.3. The number of aromatic hydroxyl groups is 1. The van der Waals surface area contributed by atoms with E-state index < -0.39 is 11.2 Å². The molecule has 0 saturated heterocycles. The van der Waals surface area contributed by atoms with Gasteiger partial charge in [-0.05, 0) is 24.3 Å². The van der Waals surface area contributed by atoms with Gasteiger partial charge in [-0.2, -0.15) is 0 Å². The quantitative estimate of drug-likeness (QED) is 0.662. The second kappa shape index (κ2) is 4.26. The van der Waals surface area contributed by atoms with Gasteiger partial charge in [0.05, 0.1) is 5.69 Å².